The molecule has 1 aliphatic carbocycles. The first-order valence-electron chi connectivity index (χ1n) is 9.99. The van der Waals surface area contributed by atoms with Gasteiger partial charge in [0.05, 0.1) is 17.9 Å². The van der Waals surface area contributed by atoms with Gasteiger partial charge in [0.25, 0.3) is 12.3 Å². The molecule has 1 saturated carbocycles. The van der Waals surface area contributed by atoms with Crippen LogP contribution in [0.2, 0.25) is 0 Å². The summed E-state index contributed by atoms with van der Waals surface area (Å²) in [4.78, 5) is 16.7. The maximum absolute atomic E-state index is 13.4. The van der Waals surface area contributed by atoms with Crippen molar-refractivity contribution in [2.45, 2.75) is 58.4 Å². The molecule has 6 nitrogen and oxygen atoms in total. The minimum atomic E-state index is -2.75. The van der Waals surface area contributed by atoms with Crippen LogP contribution in [-0.2, 0) is 0 Å². The van der Waals surface area contributed by atoms with Gasteiger partial charge in [0.1, 0.15) is 11.3 Å². The highest BCUT2D eigenvalue weighted by atomic mass is 19.3. The molecular formula is C22H25F2N5O. The van der Waals surface area contributed by atoms with E-state index < -0.39 is 18.0 Å². The third-order valence-corrected chi connectivity index (χ3v) is 5.06. The van der Waals surface area contributed by atoms with E-state index in [0.29, 0.717) is 5.65 Å². The number of hydrogen-bond donors (Lipinski definition) is 1. The molecule has 3 aromatic rings. The van der Waals surface area contributed by atoms with E-state index in [9.17, 15) is 13.6 Å². The third-order valence-electron chi connectivity index (χ3n) is 5.06. The molecule has 3 heterocycles. The van der Waals surface area contributed by atoms with Gasteiger partial charge in [0.2, 0.25) is 0 Å². The van der Waals surface area contributed by atoms with Gasteiger partial charge in [-0.1, -0.05) is 25.3 Å². The highest BCUT2D eigenvalue weighted by Crippen LogP contribution is 2.32. The Morgan fingerprint density at radius 1 is 1.20 bits per heavy atom. The van der Waals surface area contributed by atoms with Gasteiger partial charge < -0.3 is 5.32 Å². The number of aromatic nitrogens is 4. The fourth-order valence-electron chi connectivity index (χ4n) is 3.48. The van der Waals surface area contributed by atoms with Crippen molar-refractivity contribution in [2.24, 2.45) is 0 Å². The lowest BCUT2D eigenvalue weighted by molar-refractivity contribution is 0.102. The third kappa shape index (κ3) is 4.85. The quantitative estimate of drug-likeness (QED) is 0.594. The summed E-state index contributed by atoms with van der Waals surface area (Å²) in [6.07, 6.45) is 7.05. The number of rotatable bonds is 4. The predicted octanol–water partition coefficient (Wildman–Crippen LogP) is 5.26. The van der Waals surface area contributed by atoms with Gasteiger partial charge in [-0.2, -0.15) is 5.10 Å². The molecule has 0 aromatic carbocycles. The van der Waals surface area contributed by atoms with Crippen molar-refractivity contribution in [1.82, 2.24) is 19.2 Å². The molecule has 0 radical (unpaired) electrons. The minimum Gasteiger partial charge on any atom is -0.318 e. The van der Waals surface area contributed by atoms with Gasteiger partial charge in [-0.25, -0.2) is 13.8 Å². The van der Waals surface area contributed by atoms with Gasteiger partial charge in [-0.15, -0.1) is 11.8 Å². The number of hydrogen-bond acceptors (Lipinski definition) is 3. The van der Waals surface area contributed by atoms with Crippen molar-refractivity contribution in [2.75, 3.05) is 5.32 Å². The predicted molar refractivity (Wildman–Crippen MR) is 112 cm³/mol. The second-order valence-electron chi connectivity index (χ2n) is 7.03. The normalized spacial score (nSPS) is 14.0. The van der Waals surface area contributed by atoms with Crippen LogP contribution in [0.4, 0.5) is 14.5 Å². The second-order valence-corrected chi connectivity index (χ2v) is 7.03. The molecule has 30 heavy (non-hydrogen) atoms. The maximum Gasteiger partial charge on any atom is 0.284 e. The Morgan fingerprint density at radius 3 is 2.60 bits per heavy atom. The number of fused-ring (bicyclic) bond motifs is 1. The first kappa shape index (κ1) is 21.5. The lowest BCUT2D eigenvalue weighted by Gasteiger charge is -2.21. The highest BCUT2D eigenvalue weighted by molar-refractivity contribution is 6.03. The van der Waals surface area contributed by atoms with Crippen LogP contribution in [-0.4, -0.2) is 25.1 Å². The van der Waals surface area contributed by atoms with Crippen LogP contribution in [0.5, 0.6) is 0 Å². The summed E-state index contributed by atoms with van der Waals surface area (Å²) in [5.74, 6) is 4.87. The molecule has 3 aromatic heterocycles. The number of anilines is 1. The minimum absolute atomic E-state index is 0.0569. The van der Waals surface area contributed by atoms with Crippen LogP contribution in [0.15, 0.2) is 36.8 Å². The number of nitrogens with zero attached hydrogens (tertiary/aromatic N) is 4. The summed E-state index contributed by atoms with van der Waals surface area (Å²) in [6.45, 7) is 3.64. The van der Waals surface area contributed by atoms with Crippen molar-refractivity contribution < 1.29 is 13.6 Å². The van der Waals surface area contributed by atoms with E-state index >= 15 is 0 Å². The molecule has 0 atom stereocenters. The molecule has 1 aliphatic rings. The maximum atomic E-state index is 13.4. The number of imidazole rings is 1. The van der Waals surface area contributed by atoms with Gasteiger partial charge in [-0.3, -0.25) is 13.9 Å². The van der Waals surface area contributed by atoms with E-state index in [0.717, 1.165) is 32.1 Å². The molecule has 0 saturated heterocycles. The van der Waals surface area contributed by atoms with E-state index in [4.69, 9.17) is 0 Å². The fourth-order valence-corrected chi connectivity index (χ4v) is 3.48. The Bertz CT molecular complexity index is 1050. The number of amides is 1. The Hall–Kier alpha value is -3.21. The van der Waals surface area contributed by atoms with Crippen LogP contribution < -0.4 is 5.32 Å². The number of carbonyl (C=O) groups is 1. The highest BCUT2D eigenvalue weighted by Gasteiger charge is 2.25. The SMILES string of the molecule is CC#CC.O=C(Nc1cn(C2CCCCC2)nc1C(F)F)c1cnc2ccccn12. The molecule has 0 aliphatic heterocycles. The van der Waals surface area contributed by atoms with E-state index in [1.54, 1.807) is 27.4 Å². The Labute approximate surface area is 174 Å². The number of alkyl halides is 2. The van der Waals surface area contributed by atoms with Crippen molar-refractivity contribution >= 4 is 17.2 Å². The number of nitrogens with one attached hydrogen (secondary N) is 1. The molecular weight excluding hydrogens is 388 g/mol. The van der Waals surface area contributed by atoms with Crippen molar-refractivity contribution in [3.05, 3.63) is 48.2 Å². The van der Waals surface area contributed by atoms with E-state index in [1.807, 2.05) is 19.9 Å². The summed E-state index contributed by atoms with van der Waals surface area (Å²) in [6, 6.07) is 5.47. The zero-order valence-corrected chi connectivity index (χ0v) is 17.1. The summed E-state index contributed by atoms with van der Waals surface area (Å²) in [5, 5.41) is 6.64. The smallest absolute Gasteiger partial charge is 0.284 e. The Kier molecular flexibility index (Phi) is 7.17. The molecule has 1 fully saturated rings. The average molecular weight is 413 g/mol. The Morgan fingerprint density at radius 2 is 1.93 bits per heavy atom. The number of halogens is 2. The van der Waals surface area contributed by atoms with Crippen molar-refractivity contribution in [3.63, 3.8) is 0 Å². The van der Waals surface area contributed by atoms with E-state index in [2.05, 4.69) is 27.2 Å². The van der Waals surface area contributed by atoms with E-state index in [1.165, 1.54) is 12.4 Å². The molecule has 1 amide bonds. The monoisotopic (exact) mass is 413 g/mol. The zero-order valence-electron chi connectivity index (χ0n) is 17.1. The van der Waals surface area contributed by atoms with Gasteiger partial charge in [0.15, 0.2) is 5.69 Å². The van der Waals surface area contributed by atoms with Crippen molar-refractivity contribution in [3.8, 4) is 11.8 Å². The average Bonchev–Trinajstić information content (AvgIpc) is 3.39. The largest absolute Gasteiger partial charge is 0.318 e. The lowest BCUT2D eigenvalue weighted by atomic mass is 9.96. The van der Waals surface area contributed by atoms with Crippen LogP contribution >= 0.6 is 0 Å². The molecule has 4 rings (SSSR count). The molecule has 0 unspecified atom stereocenters. The summed E-state index contributed by atoms with van der Waals surface area (Å²) < 4.78 is 30.0. The zero-order chi connectivity index (χ0) is 21.5. The molecule has 0 spiro atoms. The van der Waals surface area contributed by atoms with E-state index in [-0.39, 0.29) is 17.4 Å². The standard InChI is InChI=1S/C18H19F2N5O.C4H6/c19-17(20)16-13(11-25(23-16)12-6-2-1-3-7-12)22-18(26)14-10-21-15-8-4-5-9-24(14)15;1-3-4-2/h4-5,8-12,17H,1-3,6-7H2,(H,22,26);1-2H3. The topological polar surface area (TPSA) is 64.2 Å². The van der Waals surface area contributed by atoms with Gasteiger partial charge in [-0.05, 0) is 38.8 Å². The van der Waals surface area contributed by atoms with Crippen molar-refractivity contribution in [1.29, 1.82) is 0 Å². The molecule has 1 N–H and O–H groups in total. The van der Waals surface area contributed by atoms with Crippen LogP contribution in [0.1, 0.15) is 74.6 Å². The van der Waals surface area contributed by atoms with Crippen LogP contribution in [0.3, 0.4) is 0 Å². The van der Waals surface area contributed by atoms with Gasteiger partial charge in [0, 0.05) is 12.4 Å². The lowest BCUT2D eigenvalue weighted by Crippen LogP contribution is -2.15. The first-order chi connectivity index (χ1) is 14.5. The molecule has 158 valence electrons. The second kappa shape index (κ2) is 10.0. The summed E-state index contributed by atoms with van der Waals surface area (Å²) in [5.41, 5.74) is 0.565. The summed E-state index contributed by atoms with van der Waals surface area (Å²) >= 11 is 0. The number of carbonyl (C=O) groups excluding carboxylic acids is 1. The van der Waals surface area contributed by atoms with Gasteiger partial charge >= 0.3 is 0 Å². The van der Waals surface area contributed by atoms with Crippen LogP contribution in [0, 0.1) is 11.8 Å². The van der Waals surface area contributed by atoms with Crippen LogP contribution in [0.25, 0.3) is 5.65 Å². The summed E-state index contributed by atoms with van der Waals surface area (Å²) in [7, 11) is 0. The molecule has 0 bridgehead atoms. The number of pyridine rings is 1. The fraction of sp³-hybridized carbons (Fsp3) is 0.409. The first-order valence-corrected chi connectivity index (χ1v) is 9.99. The molecule has 8 heteroatoms. The Balaban J connectivity index is 0.000000589.